The summed E-state index contributed by atoms with van der Waals surface area (Å²) >= 11 is 0. The molecule has 14 heavy (non-hydrogen) atoms. The minimum absolute atomic E-state index is 0.284. The van der Waals surface area contributed by atoms with Crippen LogP contribution in [0.2, 0.25) is 0 Å². The van der Waals surface area contributed by atoms with Crippen LogP contribution in [-0.4, -0.2) is 24.8 Å². The van der Waals surface area contributed by atoms with Gasteiger partial charge in [-0.1, -0.05) is 24.3 Å². The largest absolute Gasteiger partial charge is 0.396 e. The number of nitrogens with one attached hydrogen (secondary N) is 1. The molecule has 0 aliphatic carbocycles. The summed E-state index contributed by atoms with van der Waals surface area (Å²) in [5.74, 6) is 0.872. The fourth-order valence-corrected chi connectivity index (χ4v) is 2.29. The van der Waals surface area contributed by atoms with Gasteiger partial charge in [-0.05, 0) is 18.1 Å². The zero-order chi connectivity index (χ0) is 9.97. The number of benzene rings is 1. The summed E-state index contributed by atoms with van der Waals surface area (Å²) in [5, 5.41) is 12.6. The van der Waals surface area contributed by atoms with E-state index in [-0.39, 0.29) is 6.61 Å². The predicted octanol–water partition coefficient (Wildman–Crippen LogP) is 1.29. The Morgan fingerprint density at radius 1 is 1.36 bits per heavy atom. The second-order valence-electron chi connectivity index (χ2n) is 4.06. The Hall–Kier alpha value is -0.860. The Bertz CT molecular complexity index is 311. The third kappa shape index (κ3) is 1.68. The first kappa shape index (κ1) is 9.69. The zero-order valence-electron chi connectivity index (χ0n) is 8.53. The van der Waals surface area contributed by atoms with Gasteiger partial charge in [-0.3, -0.25) is 0 Å². The molecule has 1 fully saturated rings. The monoisotopic (exact) mass is 191 g/mol. The second-order valence-corrected chi connectivity index (χ2v) is 4.06. The van der Waals surface area contributed by atoms with Crippen molar-refractivity contribution < 1.29 is 5.11 Å². The molecule has 0 amide bonds. The summed E-state index contributed by atoms with van der Waals surface area (Å²) in [5.41, 5.74) is 2.72. The Labute approximate surface area is 85.0 Å². The van der Waals surface area contributed by atoms with Crippen molar-refractivity contribution in [3.05, 3.63) is 35.4 Å². The summed E-state index contributed by atoms with van der Waals surface area (Å²) in [4.78, 5) is 0. The molecule has 1 aliphatic heterocycles. The highest BCUT2D eigenvalue weighted by Gasteiger charge is 2.28. The van der Waals surface area contributed by atoms with Gasteiger partial charge in [0.15, 0.2) is 0 Å². The molecule has 0 unspecified atom stereocenters. The smallest absolute Gasteiger partial charge is 0.0477 e. The van der Waals surface area contributed by atoms with Gasteiger partial charge in [0, 0.05) is 31.5 Å². The summed E-state index contributed by atoms with van der Waals surface area (Å²) in [6, 6.07) is 8.46. The lowest BCUT2D eigenvalue weighted by Gasteiger charge is -2.18. The number of aliphatic hydroxyl groups excluding tert-OH is 1. The second kappa shape index (κ2) is 4.11. The molecule has 0 bridgehead atoms. The molecule has 0 spiro atoms. The topological polar surface area (TPSA) is 32.3 Å². The first-order valence-corrected chi connectivity index (χ1v) is 5.20. The molecule has 2 rings (SSSR count). The molecule has 1 aliphatic rings. The van der Waals surface area contributed by atoms with Crippen LogP contribution in [-0.2, 0) is 0 Å². The summed E-state index contributed by atoms with van der Waals surface area (Å²) in [6.45, 7) is 4.36. The van der Waals surface area contributed by atoms with Crippen LogP contribution in [0.3, 0.4) is 0 Å². The van der Waals surface area contributed by atoms with Gasteiger partial charge in [-0.15, -0.1) is 0 Å². The van der Waals surface area contributed by atoms with Gasteiger partial charge in [0.1, 0.15) is 0 Å². The van der Waals surface area contributed by atoms with E-state index in [4.69, 9.17) is 0 Å². The Kier molecular flexibility index (Phi) is 2.85. The standard InChI is InChI=1S/C12H17NO/c1-9-4-2-3-5-11(9)12-7-13-6-10(12)8-14/h2-5,10,12-14H,6-8H2,1H3/t10-,12+/m0/s1. The van der Waals surface area contributed by atoms with E-state index >= 15 is 0 Å². The van der Waals surface area contributed by atoms with Crippen LogP contribution in [0.4, 0.5) is 0 Å². The summed E-state index contributed by atoms with van der Waals surface area (Å²) < 4.78 is 0. The van der Waals surface area contributed by atoms with Crippen molar-refractivity contribution in [3.8, 4) is 0 Å². The van der Waals surface area contributed by atoms with Crippen LogP contribution in [0.15, 0.2) is 24.3 Å². The van der Waals surface area contributed by atoms with Gasteiger partial charge >= 0.3 is 0 Å². The lowest BCUT2D eigenvalue weighted by atomic mass is 9.87. The van der Waals surface area contributed by atoms with Gasteiger partial charge in [-0.2, -0.15) is 0 Å². The Balaban J connectivity index is 2.26. The van der Waals surface area contributed by atoms with Gasteiger partial charge in [0.2, 0.25) is 0 Å². The molecule has 0 aromatic heterocycles. The van der Waals surface area contributed by atoms with E-state index in [1.165, 1.54) is 11.1 Å². The first-order chi connectivity index (χ1) is 6.83. The van der Waals surface area contributed by atoms with Crippen molar-refractivity contribution in [2.75, 3.05) is 19.7 Å². The van der Waals surface area contributed by atoms with Gasteiger partial charge < -0.3 is 10.4 Å². The molecular formula is C12H17NO. The minimum Gasteiger partial charge on any atom is -0.396 e. The quantitative estimate of drug-likeness (QED) is 0.738. The maximum absolute atomic E-state index is 9.25. The lowest BCUT2D eigenvalue weighted by molar-refractivity contribution is 0.226. The van der Waals surface area contributed by atoms with Crippen molar-refractivity contribution in [1.29, 1.82) is 0 Å². The average Bonchev–Trinajstić information content (AvgIpc) is 2.66. The molecule has 1 heterocycles. The zero-order valence-corrected chi connectivity index (χ0v) is 8.53. The van der Waals surface area contributed by atoms with Crippen molar-refractivity contribution >= 4 is 0 Å². The molecule has 1 saturated heterocycles. The molecule has 0 saturated carbocycles. The van der Waals surface area contributed by atoms with Gasteiger partial charge in [0.25, 0.3) is 0 Å². The molecule has 2 N–H and O–H groups in total. The van der Waals surface area contributed by atoms with E-state index < -0.39 is 0 Å². The molecular weight excluding hydrogens is 174 g/mol. The highest BCUT2D eigenvalue weighted by atomic mass is 16.3. The summed E-state index contributed by atoms with van der Waals surface area (Å²) in [6.07, 6.45) is 0. The lowest BCUT2D eigenvalue weighted by Crippen LogP contribution is -2.15. The maximum atomic E-state index is 9.25. The minimum atomic E-state index is 0.284. The van der Waals surface area contributed by atoms with E-state index in [1.807, 2.05) is 0 Å². The van der Waals surface area contributed by atoms with E-state index in [1.54, 1.807) is 0 Å². The fourth-order valence-electron chi connectivity index (χ4n) is 2.29. The highest BCUT2D eigenvalue weighted by molar-refractivity contribution is 5.30. The molecule has 2 nitrogen and oxygen atoms in total. The van der Waals surface area contributed by atoms with Crippen LogP contribution in [0.25, 0.3) is 0 Å². The SMILES string of the molecule is Cc1ccccc1[C@@H]1CNC[C@H]1CO. The van der Waals surface area contributed by atoms with Crippen LogP contribution in [0.1, 0.15) is 17.0 Å². The van der Waals surface area contributed by atoms with E-state index in [9.17, 15) is 5.11 Å². The number of aryl methyl sites for hydroxylation is 1. The normalized spacial score (nSPS) is 26.7. The first-order valence-electron chi connectivity index (χ1n) is 5.20. The molecule has 2 atom stereocenters. The van der Waals surface area contributed by atoms with Crippen LogP contribution in [0, 0.1) is 12.8 Å². The molecule has 2 heteroatoms. The highest BCUT2D eigenvalue weighted by Crippen LogP contribution is 2.29. The molecule has 1 aromatic rings. The number of hydrogen-bond donors (Lipinski definition) is 2. The van der Waals surface area contributed by atoms with Gasteiger partial charge in [0.05, 0.1) is 0 Å². The number of rotatable bonds is 2. The third-order valence-corrected chi connectivity index (χ3v) is 3.16. The van der Waals surface area contributed by atoms with E-state index in [2.05, 4.69) is 36.5 Å². The molecule has 76 valence electrons. The predicted molar refractivity (Wildman–Crippen MR) is 57.4 cm³/mol. The average molecular weight is 191 g/mol. The van der Waals surface area contributed by atoms with Crippen molar-refractivity contribution in [2.45, 2.75) is 12.8 Å². The van der Waals surface area contributed by atoms with Crippen molar-refractivity contribution in [1.82, 2.24) is 5.32 Å². The van der Waals surface area contributed by atoms with Crippen LogP contribution in [0.5, 0.6) is 0 Å². The Morgan fingerprint density at radius 3 is 2.86 bits per heavy atom. The Morgan fingerprint density at radius 2 is 2.14 bits per heavy atom. The van der Waals surface area contributed by atoms with Crippen molar-refractivity contribution in [3.63, 3.8) is 0 Å². The number of aliphatic hydroxyl groups is 1. The van der Waals surface area contributed by atoms with Crippen molar-refractivity contribution in [2.24, 2.45) is 5.92 Å². The third-order valence-electron chi connectivity index (χ3n) is 3.16. The fraction of sp³-hybridized carbons (Fsp3) is 0.500. The van der Waals surface area contributed by atoms with Crippen LogP contribution < -0.4 is 5.32 Å². The molecule has 0 radical (unpaired) electrons. The number of hydrogen-bond acceptors (Lipinski definition) is 2. The van der Waals surface area contributed by atoms with E-state index in [0.29, 0.717) is 11.8 Å². The summed E-state index contributed by atoms with van der Waals surface area (Å²) in [7, 11) is 0. The van der Waals surface area contributed by atoms with Crippen LogP contribution >= 0.6 is 0 Å². The maximum Gasteiger partial charge on any atom is 0.0477 e. The van der Waals surface area contributed by atoms with Gasteiger partial charge in [-0.25, -0.2) is 0 Å². The van der Waals surface area contributed by atoms with E-state index in [0.717, 1.165) is 13.1 Å². The molecule has 1 aromatic carbocycles.